The van der Waals surface area contributed by atoms with Crippen LogP contribution < -0.4 is 14.8 Å². The molecule has 4 aromatic rings. The highest BCUT2D eigenvalue weighted by Gasteiger charge is 2.47. The predicted octanol–water partition coefficient (Wildman–Crippen LogP) is 5.65. The summed E-state index contributed by atoms with van der Waals surface area (Å²) in [6.07, 6.45) is -1.06. The van der Waals surface area contributed by atoms with Gasteiger partial charge in [0.25, 0.3) is 5.91 Å². The fourth-order valence-electron chi connectivity index (χ4n) is 4.76. The molecule has 212 valence electrons. The first-order chi connectivity index (χ1) is 19.5. The molecule has 0 bridgehead atoms. The molecule has 7 nitrogen and oxygen atoms in total. The Labute approximate surface area is 232 Å². The van der Waals surface area contributed by atoms with E-state index in [0.29, 0.717) is 22.2 Å². The quantitative estimate of drug-likeness (QED) is 0.280. The summed E-state index contributed by atoms with van der Waals surface area (Å²) < 4.78 is 66.4. The third-order valence-electron chi connectivity index (χ3n) is 7.18. The molecule has 2 aromatic heterocycles. The van der Waals surface area contributed by atoms with E-state index < -0.39 is 36.0 Å². The molecule has 1 unspecified atom stereocenters. The van der Waals surface area contributed by atoms with Gasteiger partial charge in [-0.15, -0.1) is 0 Å². The number of nitrogens with one attached hydrogen (secondary N) is 1. The number of pyridine rings is 2. The Hall–Kier alpha value is -4.25. The van der Waals surface area contributed by atoms with E-state index in [1.165, 1.54) is 19.1 Å². The van der Waals surface area contributed by atoms with Gasteiger partial charge in [0.2, 0.25) is 0 Å². The summed E-state index contributed by atoms with van der Waals surface area (Å²) in [6, 6.07) is 13.0. The van der Waals surface area contributed by atoms with Gasteiger partial charge in [0, 0.05) is 28.3 Å². The van der Waals surface area contributed by atoms with Crippen LogP contribution in [0.3, 0.4) is 0 Å². The molecule has 6 rings (SSSR count). The van der Waals surface area contributed by atoms with Crippen LogP contribution in [0.25, 0.3) is 22.2 Å². The summed E-state index contributed by atoms with van der Waals surface area (Å²) in [5.41, 5.74) is -0.894. The first kappa shape index (κ1) is 26.9. The molecule has 2 atom stereocenters. The van der Waals surface area contributed by atoms with Crippen molar-refractivity contribution in [3.8, 4) is 22.8 Å². The lowest BCUT2D eigenvalue weighted by Crippen LogP contribution is -2.39. The van der Waals surface area contributed by atoms with Crippen molar-refractivity contribution in [2.75, 3.05) is 13.2 Å². The van der Waals surface area contributed by atoms with Crippen molar-refractivity contribution in [2.45, 2.75) is 43.6 Å². The average molecular weight is 568 g/mol. The first-order valence-corrected chi connectivity index (χ1v) is 13.1. The van der Waals surface area contributed by atoms with Crippen LogP contribution in [0.2, 0.25) is 0 Å². The van der Waals surface area contributed by atoms with Crippen LogP contribution in [0.4, 0.5) is 17.6 Å². The van der Waals surface area contributed by atoms with E-state index in [2.05, 4.69) is 15.3 Å². The number of carbonyl (C=O) groups excluding carboxylic acids is 1. The molecule has 2 aromatic carbocycles. The van der Waals surface area contributed by atoms with E-state index in [-0.39, 0.29) is 40.9 Å². The number of aromatic nitrogens is 2. The number of fused-ring (bicyclic) bond motifs is 2. The number of carbonyl (C=O) groups is 1. The lowest BCUT2D eigenvalue weighted by Gasteiger charge is -2.25. The number of alkyl halides is 3. The van der Waals surface area contributed by atoms with Gasteiger partial charge >= 0.3 is 6.18 Å². The summed E-state index contributed by atoms with van der Waals surface area (Å²) in [6.45, 7) is 0.349. The highest BCUT2D eigenvalue weighted by atomic mass is 19.4. The largest absolute Gasteiger partial charge is 0.490 e. The third-order valence-corrected chi connectivity index (χ3v) is 7.18. The maximum Gasteiger partial charge on any atom is 0.399 e. The van der Waals surface area contributed by atoms with E-state index in [9.17, 15) is 27.5 Å². The molecule has 1 amide bonds. The highest BCUT2D eigenvalue weighted by molar-refractivity contribution is 5.99. The van der Waals surface area contributed by atoms with E-state index >= 15 is 0 Å². The van der Waals surface area contributed by atoms with E-state index in [0.717, 1.165) is 31.0 Å². The van der Waals surface area contributed by atoms with Gasteiger partial charge in [-0.3, -0.25) is 9.78 Å². The van der Waals surface area contributed by atoms with Gasteiger partial charge in [0.15, 0.2) is 0 Å². The zero-order chi connectivity index (χ0) is 28.9. The summed E-state index contributed by atoms with van der Waals surface area (Å²) in [7, 11) is 0. The van der Waals surface area contributed by atoms with Crippen molar-refractivity contribution in [1.29, 1.82) is 0 Å². The maximum atomic E-state index is 13.8. The molecule has 2 N–H and O–H groups in total. The molecule has 11 heteroatoms. The zero-order valence-corrected chi connectivity index (χ0v) is 21.8. The molecular weight excluding hydrogens is 542 g/mol. The van der Waals surface area contributed by atoms with Crippen molar-refractivity contribution in [3.63, 3.8) is 0 Å². The van der Waals surface area contributed by atoms with Gasteiger partial charge < -0.3 is 19.9 Å². The maximum absolute atomic E-state index is 13.8. The molecule has 41 heavy (non-hydrogen) atoms. The predicted molar refractivity (Wildman–Crippen MR) is 141 cm³/mol. The monoisotopic (exact) mass is 567 g/mol. The third kappa shape index (κ3) is 5.41. The smallest absolute Gasteiger partial charge is 0.399 e. The standard InChI is InChI=1S/C30H25F4N3O4/c1-29(39,15-36-28(38)18-11-17-3-2-10-35-25(17)23(12-18)41-20-8-9-20)24-13-21-22(30(32,33)34)14-40-27(21)26(37-24)16-4-6-19(31)7-5-16/h2-7,10-13,20,22,39H,8-9,14-15H2,1H3,(H,36,38)/t22-,29?/m1/s1. The molecule has 1 aliphatic carbocycles. The van der Waals surface area contributed by atoms with Crippen LogP contribution in [0, 0.1) is 5.82 Å². The van der Waals surface area contributed by atoms with Crippen LogP contribution in [-0.4, -0.2) is 46.4 Å². The summed E-state index contributed by atoms with van der Waals surface area (Å²) in [5.74, 6) is -2.58. The van der Waals surface area contributed by atoms with Crippen molar-refractivity contribution in [3.05, 3.63) is 83.4 Å². The molecule has 0 radical (unpaired) electrons. The normalized spacial score (nSPS) is 18.0. The van der Waals surface area contributed by atoms with Gasteiger partial charge in [-0.25, -0.2) is 9.37 Å². The van der Waals surface area contributed by atoms with Gasteiger partial charge in [-0.1, -0.05) is 6.07 Å². The van der Waals surface area contributed by atoms with Gasteiger partial charge in [0.1, 0.15) is 46.7 Å². The SMILES string of the molecule is CC(O)(CNC(=O)c1cc(OC2CC2)c2ncccc2c1)c1cc2c(c(-c3ccc(F)cc3)n1)OC[C@H]2C(F)(F)F. The Morgan fingerprint density at radius 1 is 1.15 bits per heavy atom. The highest BCUT2D eigenvalue weighted by Crippen LogP contribution is 2.48. The lowest BCUT2D eigenvalue weighted by atomic mass is 9.93. The Morgan fingerprint density at radius 3 is 2.61 bits per heavy atom. The minimum absolute atomic E-state index is 0.0414. The van der Waals surface area contributed by atoms with Crippen molar-refractivity contribution >= 4 is 16.8 Å². The number of halogens is 4. The second kappa shape index (κ2) is 9.99. The minimum atomic E-state index is -4.60. The van der Waals surface area contributed by atoms with E-state index in [1.54, 1.807) is 30.5 Å². The van der Waals surface area contributed by atoms with Crippen molar-refractivity contribution < 1.29 is 36.9 Å². The van der Waals surface area contributed by atoms with Crippen LogP contribution in [-0.2, 0) is 5.60 Å². The molecule has 2 aliphatic rings. The number of hydrogen-bond donors (Lipinski definition) is 2. The summed E-state index contributed by atoms with van der Waals surface area (Å²) >= 11 is 0. The Balaban J connectivity index is 1.31. The Kier molecular flexibility index (Phi) is 6.56. The number of amides is 1. The molecule has 3 heterocycles. The minimum Gasteiger partial charge on any atom is -0.490 e. The number of rotatable bonds is 7. The zero-order valence-electron chi connectivity index (χ0n) is 21.8. The first-order valence-electron chi connectivity index (χ1n) is 13.1. The topological polar surface area (TPSA) is 93.6 Å². The van der Waals surface area contributed by atoms with Gasteiger partial charge in [0.05, 0.1) is 18.3 Å². The summed E-state index contributed by atoms with van der Waals surface area (Å²) in [5, 5.41) is 14.7. The van der Waals surface area contributed by atoms with Crippen LogP contribution >= 0.6 is 0 Å². The molecule has 0 saturated heterocycles. The Morgan fingerprint density at radius 2 is 1.90 bits per heavy atom. The molecule has 1 aliphatic heterocycles. The van der Waals surface area contributed by atoms with Crippen LogP contribution in [0.15, 0.2) is 60.8 Å². The van der Waals surface area contributed by atoms with Gasteiger partial charge in [-0.2, -0.15) is 13.2 Å². The molecule has 0 spiro atoms. The Bertz CT molecular complexity index is 1640. The summed E-state index contributed by atoms with van der Waals surface area (Å²) in [4.78, 5) is 22.0. The average Bonchev–Trinajstić information content (AvgIpc) is 3.64. The lowest BCUT2D eigenvalue weighted by molar-refractivity contribution is -0.151. The molecule has 1 saturated carbocycles. The second-order valence-electron chi connectivity index (χ2n) is 10.5. The van der Waals surface area contributed by atoms with Gasteiger partial charge in [-0.05, 0) is 68.3 Å². The second-order valence-corrected chi connectivity index (χ2v) is 10.5. The van der Waals surface area contributed by atoms with Crippen molar-refractivity contribution in [2.24, 2.45) is 0 Å². The number of benzene rings is 2. The number of hydrogen-bond acceptors (Lipinski definition) is 6. The molecular formula is C30H25F4N3O4. The van der Waals surface area contributed by atoms with E-state index in [4.69, 9.17) is 9.47 Å². The molecule has 1 fully saturated rings. The van der Waals surface area contributed by atoms with Crippen LogP contribution in [0.5, 0.6) is 11.5 Å². The fraction of sp³-hybridized carbons (Fsp3) is 0.300. The number of aliphatic hydroxyl groups is 1. The van der Waals surface area contributed by atoms with E-state index in [1.807, 2.05) is 0 Å². The number of nitrogens with zero attached hydrogens (tertiary/aromatic N) is 2. The van der Waals surface area contributed by atoms with Crippen molar-refractivity contribution in [1.82, 2.24) is 15.3 Å². The van der Waals surface area contributed by atoms with Crippen LogP contribution in [0.1, 0.15) is 47.3 Å². The fourth-order valence-corrected chi connectivity index (χ4v) is 4.76. The number of ether oxygens (including phenoxy) is 2.